The van der Waals surface area contributed by atoms with Crippen molar-refractivity contribution in [1.29, 1.82) is 0 Å². The number of ether oxygens (including phenoxy) is 1. The van der Waals surface area contributed by atoms with Crippen LogP contribution >= 0.6 is 11.6 Å². The molecule has 3 amide bonds. The largest absolute Gasteiger partial charge is 0.395 e. The van der Waals surface area contributed by atoms with Gasteiger partial charge in [0.25, 0.3) is 5.91 Å². The highest BCUT2D eigenvalue weighted by Gasteiger charge is 2.74. The van der Waals surface area contributed by atoms with Gasteiger partial charge >= 0.3 is 0 Å². The Hall–Kier alpha value is -2.68. The summed E-state index contributed by atoms with van der Waals surface area (Å²) in [6.07, 6.45) is 3.83. The highest BCUT2D eigenvalue weighted by molar-refractivity contribution is 6.34. The molecule has 2 unspecified atom stereocenters. The monoisotopic (exact) mass is 487 g/mol. The molecule has 8 nitrogen and oxygen atoms in total. The van der Waals surface area contributed by atoms with Gasteiger partial charge in [0.05, 0.1) is 35.3 Å². The molecule has 1 aromatic carbocycles. The summed E-state index contributed by atoms with van der Waals surface area (Å²) in [5.74, 6) is -2.37. The molecule has 0 aliphatic carbocycles. The van der Waals surface area contributed by atoms with Crippen molar-refractivity contribution in [3.05, 3.63) is 54.6 Å². The fraction of sp³-hybridized carbons (Fsp3) is 0.480. The fourth-order valence-electron chi connectivity index (χ4n) is 5.85. The van der Waals surface area contributed by atoms with Crippen molar-refractivity contribution < 1.29 is 24.2 Å². The van der Waals surface area contributed by atoms with Gasteiger partial charge in [-0.1, -0.05) is 35.9 Å². The molecule has 182 valence electrons. The standard InChI is InChI=1S/C25H30ClN3O5/c1-4-12-27(3)22(31)19-18-10-11-25(34-18)20(19)23(32)29(14-15-30)21(25)24(33)28(13-5-2)17-9-7-6-8-16(17)26/h4-9,18-21,30H,1-2,10-15H2,3H3/t18-,19+,20-,21?,25?/m0/s1. The molecule has 3 saturated heterocycles. The zero-order valence-electron chi connectivity index (χ0n) is 19.2. The fourth-order valence-corrected chi connectivity index (χ4v) is 6.09. The predicted molar refractivity (Wildman–Crippen MR) is 128 cm³/mol. The molecular weight excluding hydrogens is 458 g/mol. The molecular formula is C25H30ClN3O5. The zero-order valence-corrected chi connectivity index (χ0v) is 20.0. The van der Waals surface area contributed by atoms with E-state index >= 15 is 0 Å². The number of carbonyl (C=O) groups excluding carboxylic acids is 3. The van der Waals surface area contributed by atoms with Gasteiger partial charge in [-0.3, -0.25) is 14.4 Å². The van der Waals surface area contributed by atoms with Crippen molar-refractivity contribution in [3.63, 3.8) is 0 Å². The normalized spacial score (nSPS) is 29.1. The van der Waals surface area contributed by atoms with E-state index in [0.717, 1.165) is 0 Å². The maximum Gasteiger partial charge on any atom is 0.253 e. The van der Waals surface area contributed by atoms with Crippen LogP contribution in [0.2, 0.25) is 5.02 Å². The molecule has 9 heteroatoms. The van der Waals surface area contributed by atoms with Crippen molar-refractivity contribution in [2.75, 3.05) is 38.2 Å². The van der Waals surface area contributed by atoms with Crippen molar-refractivity contribution in [2.45, 2.75) is 30.6 Å². The number of likely N-dealkylation sites (tertiary alicyclic amines) is 1. The predicted octanol–water partition coefficient (Wildman–Crippen LogP) is 1.87. The van der Waals surface area contributed by atoms with Crippen molar-refractivity contribution in [2.24, 2.45) is 11.8 Å². The summed E-state index contributed by atoms with van der Waals surface area (Å²) in [5.41, 5.74) is -0.638. The lowest BCUT2D eigenvalue weighted by Gasteiger charge is -2.37. The van der Waals surface area contributed by atoms with E-state index in [4.69, 9.17) is 16.3 Å². The topological polar surface area (TPSA) is 90.4 Å². The number of anilines is 1. The molecule has 2 bridgehead atoms. The van der Waals surface area contributed by atoms with E-state index in [-0.39, 0.29) is 37.4 Å². The number of β-amino-alcohol motifs (C(OH)–C–C–N with tert-alkyl or cyclic N) is 1. The molecule has 0 radical (unpaired) electrons. The second-order valence-corrected chi connectivity index (χ2v) is 9.41. The number of hydrogen-bond donors (Lipinski definition) is 1. The summed E-state index contributed by atoms with van der Waals surface area (Å²) in [7, 11) is 1.67. The second kappa shape index (κ2) is 9.52. The van der Waals surface area contributed by atoms with Crippen LogP contribution in [0.3, 0.4) is 0 Å². The number of carbonyl (C=O) groups is 3. The van der Waals surface area contributed by atoms with Crippen LogP contribution in [0.25, 0.3) is 0 Å². The van der Waals surface area contributed by atoms with Gasteiger partial charge in [0, 0.05) is 26.7 Å². The number of hydrogen-bond acceptors (Lipinski definition) is 5. The molecule has 3 aliphatic heterocycles. The van der Waals surface area contributed by atoms with Gasteiger partial charge in [0.2, 0.25) is 11.8 Å². The van der Waals surface area contributed by atoms with Gasteiger partial charge in [-0.15, -0.1) is 13.2 Å². The molecule has 0 saturated carbocycles. The molecule has 0 aromatic heterocycles. The van der Waals surface area contributed by atoms with Crippen LogP contribution in [0.1, 0.15) is 12.8 Å². The van der Waals surface area contributed by atoms with Crippen molar-refractivity contribution >= 4 is 35.0 Å². The maximum absolute atomic E-state index is 14.1. The Morgan fingerprint density at radius 3 is 2.62 bits per heavy atom. The Morgan fingerprint density at radius 2 is 1.97 bits per heavy atom. The van der Waals surface area contributed by atoms with E-state index in [1.165, 1.54) is 14.7 Å². The first-order valence-electron chi connectivity index (χ1n) is 11.4. The molecule has 1 aromatic rings. The summed E-state index contributed by atoms with van der Waals surface area (Å²) in [5, 5.41) is 10.1. The van der Waals surface area contributed by atoms with E-state index in [2.05, 4.69) is 13.2 Å². The SMILES string of the molecule is C=CCN(C)C(=O)[C@@H]1[C@@H]2CCC3(O2)C(C(=O)N(CC=C)c2ccccc2Cl)N(CCO)C(=O)[C@H]13. The van der Waals surface area contributed by atoms with E-state index in [9.17, 15) is 19.5 Å². The number of para-hydroxylation sites is 1. The van der Waals surface area contributed by atoms with Gasteiger partial charge < -0.3 is 24.5 Å². The summed E-state index contributed by atoms with van der Waals surface area (Å²) in [6.45, 7) is 7.63. The van der Waals surface area contributed by atoms with Crippen LogP contribution in [0.15, 0.2) is 49.6 Å². The van der Waals surface area contributed by atoms with Crippen LogP contribution in [0.5, 0.6) is 0 Å². The van der Waals surface area contributed by atoms with E-state index in [1.807, 2.05) is 0 Å². The van der Waals surface area contributed by atoms with Crippen LogP contribution in [0.4, 0.5) is 5.69 Å². The van der Waals surface area contributed by atoms with E-state index in [0.29, 0.717) is 30.1 Å². The maximum atomic E-state index is 14.1. The third-order valence-electron chi connectivity index (χ3n) is 7.16. The smallest absolute Gasteiger partial charge is 0.253 e. The number of aliphatic hydroxyl groups excluding tert-OH is 1. The number of amides is 3. The van der Waals surface area contributed by atoms with Crippen LogP contribution < -0.4 is 4.90 Å². The first-order chi connectivity index (χ1) is 16.3. The summed E-state index contributed by atoms with van der Waals surface area (Å²) in [4.78, 5) is 45.5. The average molecular weight is 488 g/mol. The molecule has 1 spiro atoms. The van der Waals surface area contributed by atoms with Crippen molar-refractivity contribution in [3.8, 4) is 0 Å². The molecule has 3 aliphatic rings. The Morgan fingerprint density at radius 1 is 1.26 bits per heavy atom. The highest BCUT2D eigenvalue weighted by atomic mass is 35.5. The summed E-state index contributed by atoms with van der Waals surface area (Å²) in [6, 6.07) is 5.98. The molecule has 3 fully saturated rings. The third-order valence-corrected chi connectivity index (χ3v) is 7.48. The first kappa shape index (κ1) is 24.4. The number of aliphatic hydroxyl groups is 1. The first-order valence-corrected chi connectivity index (χ1v) is 11.8. The number of rotatable bonds is 9. The number of benzene rings is 1. The molecule has 5 atom stereocenters. The molecule has 1 N–H and O–H groups in total. The molecule has 4 rings (SSSR count). The second-order valence-electron chi connectivity index (χ2n) is 9.01. The van der Waals surface area contributed by atoms with Gasteiger partial charge in [0.1, 0.15) is 11.6 Å². The lowest BCUT2D eigenvalue weighted by Crippen LogP contribution is -2.57. The summed E-state index contributed by atoms with van der Waals surface area (Å²) < 4.78 is 6.40. The minimum Gasteiger partial charge on any atom is -0.395 e. The van der Waals surface area contributed by atoms with Crippen LogP contribution in [-0.4, -0.2) is 83.7 Å². The summed E-state index contributed by atoms with van der Waals surface area (Å²) >= 11 is 6.41. The van der Waals surface area contributed by atoms with Gasteiger partial charge in [-0.25, -0.2) is 0 Å². The Kier molecular flexibility index (Phi) is 6.85. The lowest BCUT2D eigenvalue weighted by molar-refractivity contribution is -0.144. The minimum absolute atomic E-state index is 0.0324. The van der Waals surface area contributed by atoms with Crippen LogP contribution in [0, 0.1) is 11.8 Å². The molecule has 34 heavy (non-hydrogen) atoms. The Bertz CT molecular complexity index is 1020. The Labute approximate surface area is 204 Å². The van der Waals surface area contributed by atoms with E-state index < -0.39 is 29.6 Å². The molecule has 3 heterocycles. The average Bonchev–Trinajstić information content (AvgIpc) is 3.45. The van der Waals surface area contributed by atoms with Crippen molar-refractivity contribution in [1.82, 2.24) is 9.80 Å². The lowest BCUT2D eigenvalue weighted by atomic mass is 9.70. The number of likely N-dealkylation sites (N-methyl/N-ethyl adjacent to an activating group) is 1. The van der Waals surface area contributed by atoms with Gasteiger partial charge in [-0.05, 0) is 25.0 Å². The highest BCUT2D eigenvalue weighted by Crippen LogP contribution is 2.59. The third kappa shape index (κ3) is 3.65. The number of fused-ring (bicyclic) bond motifs is 1. The van der Waals surface area contributed by atoms with Gasteiger partial charge in [0.15, 0.2) is 0 Å². The number of nitrogens with zero attached hydrogens (tertiary/aromatic N) is 3. The number of halogens is 1. The zero-order chi connectivity index (χ0) is 24.6. The van der Waals surface area contributed by atoms with E-state index in [1.54, 1.807) is 43.5 Å². The Balaban J connectivity index is 1.76. The quantitative estimate of drug-likeness (QED) is 0.537. The van der Waals surface area contributed by atoms with Gasteiger partial charge in [-0.2, -0.15) is 0 Å². The minimum atomic E-state index is -1.13. The van der Waals surface area contributed by atoms with Crippen LogP contribution in [-0.2, 0) is 19.1 Å².